The minimum atomic E-state index is -1.05. The predicted molar refractivity (Wildman–Crippen MR) is 41.4 cm³/mol. The van der Waals surface area contributed by atoms with Gasteiger partial charge in [0.25, 0.3) is 0 Å². The zero-order chi connectivity index (χ0) is 9.72. The van der Waals surface area contributed by atoms with Gasteiger partial charge >= 0.3 is 5.97 Å². The molecule has 0 radical (unpaired) electrons. The van der Waals surface area contributed by atoms with Gasteiger partial charge in [-0.3, -0.25) is 4.79 Å². The van der Waals surface area contributed by atoms with Gasteiger partial charge in [0.2, 0.25) is 5.91 Å². The summed E-state index contributed by atoms with van der Waals surface area (Å²) in [5.41, 5.74) is 4.93. The fourth-order valence-corrected chi connectivity index (χ4v) is 0.442. The zero-order valence-corrected chi connectivity index (χ0v) is 7.11. The second-order valence-electron chi connectivity index (χ2n) is 2.62. The maximum atomic E-state index is 10.5. The van der Waals surface area contributed by atoms with Gasteiger partial charge < -0.3 is 15.6 Å². The standard InChI is InChI=1S/C7H13NO4/c1-4(6(8)9)3-12-5(2)7(10)11/h4-5H,3H2,1-2H3,(H2,8,9)(H,10,11). The van der Waals surface area contributed by atoms with Gasteiger partial charge in [0.05, 0.1) is 12.5 Å². The van der Waals surface area contributed by atoms with E-state index in [1.54, 1.807) is 6.92 Å². The molecule has 2 atom stereocenters. The van der Waals surface area contributed by atoms with Crippen LogP contribution < -0.4 is 5.73 Å². The lowest BCUT2D eigenvalue weighted by Crippen LogP contribution is -2.29. The Kier molecular flexibility index (Phi) is 4.28. The summed E-state index contributed by atoms with van der Waals surface area (Å²) >= 11 is 0. The Balaban J connectivity index is 3.68. The van der Waals surface area contributed by atoms with Gasteiger partial charge in [-0.05, 0) is 6.92 Å². The number of primary amides is 1. The van der Waals surface area contributed by atoms with Crippen molar-refractivity contribution < 1.29 is 19.4 Å². The zero-order valence-electron chi connectivity index (χ0n) is 7.11. The van der Waals surface area contributed by atoms with E-state index in [1.807, 2.05) is 0 Å². The number of aliphatic carboxylic acids is 1. The fourth-order valence-electron chi connectivity index (χ4n) is 0.442. The first kappa shape index (κ1) is 10.9. The Morgan fingerprint density at radius 1 is 1.50 bits per heavy atom. The van der Waals surface area contributed by atoms with E-state index in [2.05, 4.69) is 0 Å². The van der Waals surface area contributed by atoms with Crippen molar-refractivity contribution in [1.29, 1.82) is 0 Å². The Morgan fingerprint density at radius 3 is 2.33 bits per heavy atom. The molecule has 0 aliphatic rings. The molecule has 70 valence electrons. The summed E-state index contributed by atoms with van der Waals surface area (Å²) in [6, 6.07) is 0. The number of hydrogen-bond donors (Lipinski definition) is 2. The third kappa shape index (κ3) is 3.92. The molecule has 0 aliphatic carbocycles. The summed E-state index contributed by atoms with van der Waals surface area (Å²) in [5, 5.41) is 8.39. The highest BCUT2D eigenvalue weighted by Crippen LogP contribution is 1.98. The summed E-state index contributed by atoms with van der Waals surface area (Å²) in [4.78, 5) is 20.7. The van der Waals surface area contributed by atoms with Crippen molar-refractivity contribution in [2.75, 3.05) is 6.61 Å². The van der Waals surface area contributed by atoms with Crippen LogP contribution in [-0.2, 0) is 14.3 Å². The van der Waals surface area contributed by atoms with Gasteiger partial charge in [-0.2, -0.15) is 0 Å². The van der Waals surface area contributed by atoms with E-state index in [0.29, 0.717) is 0 Å². The monoisotopic (exact) mass is 175 g/mol. The Labute approximate surface area is 70.5 Å². The highest BCUT2D eigenvalue weighted by molar-refractivity contribution is 5.76. The molecule has 3 N–H and O–H groups in total. The average Bonchev–Trinajstić information content (AvgIpc) is 1.98. The van der Waals surface area contributed by atoms with Gasteiger partial charge in [0, 0.05) is 0 Å². The molecule has 5 heteroatoms. The van der Waals surface area contributed by atoms with Crippen LogP contribution in [0.3, 0.4) is 0 Å². The molecule has 0 bridgehead atoms. The number of carbonyl (C=O) groups excluding carboxylic acids is 1. The van der Waals surface area contributed by atoms with Gasteiger partial charge in [0.1, 0.15) is 0 Å². The number of carbonyl (C=O) groups is 2. The fraction of sp³-hybridized carbons (Fsp3) is 0.714. The smallest absolute Gasteiger partial charge is 0.332 e. The van der Waals surface area contributed by atoms with Gasteiger partial charge in [0.15, 0.2) is 6.10 Å². The number of carboxylic acid groups (broad SMARTS) is 1. The van der Waals surface area contributed by atoms with Crippen molar-refractivity contribution in [1.82, 2.24) is 0 Å². The molecule has 5 nitrogen and oxygen atoms in total. The molecule has 0 saturated carbocycles. The third-order valence-electron chi connectivity index (χ3n) is 1.43. The molecule has 0 rings (SSSR count). The molecule has 0 aromatic carbocycles. The molecule has 1 amide bonds. The van der Waals surface area contributed by atoms with E-state index >= 15 is 0 Å². The number of amides is 1. The quantitative estimate of drug-likeness (QED) is 0.594. The highest BCUT2D eigenvalue weighted by Gasteiger charge is 2.15. The lowest BCUT2D eigenvalue weighted by molar-refractivity contribution is -0.150. The van der Waals surface area contributed by atoms with E-state index in [0.717, 1.165) is 0 Å². The number of rotatable bonds is 5. The number of hydrogen-bond acceptors (Lipinski definition) is 3. The summed E-state index contributed by atoms with van der Waals surface area (Å²) in [6.07, 6.45) is -0.896. The molecule has 0 aromatic heterocycles. The summed E-state index contributed by atoms with van der Waals surface area (Å²) < 4.78 is 4.83. The maximum Gasteiger partial charge on any atom is 0.332 e. The summed E-state index contributed by atoms with van der Waals surface area (Å²) in [7, 11) is 0. The molecular formula is C7H13NO4. The van der Waals surface area contributed by atoms with Gasteiger partial charge in [-0.25, -0.2) is 4.79 Å². The first-order chi connectivity index (χ1) is 5.45. The Bertz CT molecular complexity index is 160. The third-order valence-corrected chi connectivity index (χ3v) is 1.43. The van der Waals surface area contributed by atoms with E-state index in [-0.39, 0.29) is 6.61 Å². The van der Waals surface area contributed by atoms with Crippen LogP contribution in [-0.4, -0.2) is 29.7 Å². The van der Waals surface area contributed by atoms with Crippen LogP contribution in [0.4, 0.5) is 0 Å². The van der Waals surface area contributed by atoms with Crippen LogP contribution in [0.25, 0.3) is 0 Å². The average molecular weight is 175 g/mol. The minimum Gasteiger partial charge on any atom is -0.479 e. The second kappa shape index (κ2) is 4.71. The molecule has 2 unspecified atom stereocenters. The molecule has 0 saturated heterocycles. The summed E-state index contributed by atoms with van der Waals surface area (Å²) in [5.74, 6) is -1.99. The molecule has 0 aromatic rings. The molecule has 12 heavy (non-hydrogen) atoms. The SMILES string of the molecule is CC(COC(C)C(=O)O)C(N)=O. The lowest BCUT2D eigenvalue weighted by Gasteiger charge is -2.10. The Hall–Kier alpha value is -1.10. The van der Waals surface area contributed by atoms with Crippen LogP contribution in [0.15, 0.2) is 0 Å². The maximum absolute atomic E-state index is 10.5. The van der Waals surface area contributed by atoms with E-state index in [4.69, 9.17) is 15.6 Å². The van der Waals surface area contributed by atoms with Crippen molar-refractivity contribution in [2.45, 2.75) is 20.0 Å². The molecule has 0 aliphatic heterocycles. The largest absolute Gasteiger partial charge is 0.479 e. The van der Waals surface area contributed by atoms with Crippen molar-refractivity contribution in [3.63, 3.8) is 0 Å². The first-order valence-electron chi connectivity index (χ1n) is 3.59. The van der Waals surface area contributed by atoms with Crippen LogP contribution in [0.5, 0.6) is 0 Å². The first-order valence-corrected chi connectivity index (χ1v) is 3.59. The van der Waals surface area contributed by atoms with E-state index < -0.39 is 23.9 Å². The molecule has 0 spiro atoms. The second-order valence-corrected chi connectivity index (χ2v) is 2.62. The van der Waals surface area contributed by atoms with Crippen LogP contribution in [0.2, 0.25) is 0 Å². The van der Waals surface area contributed by atoms with E-state index in [1.165, 1.54) is 6.92 Å². The number of ether oxygens (including phenoxy) is 1. The van der Waals surface area contributed by atoms with Crippen molar-refractivity contribution in [2.24, 2.45) is 11.7 Å². The highest BCUT2D eigenvalue weighted by atomic mass is 16.5. The minimum absolute atomic E-state index is 0.0444. The van der Waals surface area contributed by atoms with Gasteiger partial charge in [-0.15, -0.1) is 0 Å². The topological polar surface area (TPSA) is 89.6 Å². The molecule has 0 fully saturated rings. The van der Waals surface area contributed by atoms with Crippen molar-refractivity contribution in [3.8, 4) is 0 Å². The van der Waals surface area contributed by atoms with Crippen LogP contribution in [0, 0.1) is 5.92 Å². The summed E-state index contributed by atoms with van der Waals surface area (Å²) in [6.45, 7) is 3.02. The molecular weight excluding hydrogens is 162 g/mol. The van der Waals surface area contributed by atoms with Crippen molar-refractivity contribution in [3.05, 3.63) is 0 Å². The number of nitrogens with two attached hydrogens (primary N) is 1. The number of carboxylic acids is 1. The normalized spacial score (nSPS) is 15.2. The lowest BCUT2D eigenvalue weighted by atomic mass is 10.2. The van der Waals surface area contributed by atoms with Gasteiger partial charge in [-0.1, -0.05) is 6.92 Å². The van der Waals surface area contributed by atoms with Crippen LogP contribution in [0.1, 0.15) is 13.8 Å². The van der Waals surface area contributed by atoms with Crippen LogP contribution >= 0.6 is 0 Å². The van der Waals surface area contributed by atoms with E-state index in [9.17, 15) is 9.59 Å². The predicted octanol–water partition coefficient (Wildman–Crippen LogP) is -0.402. The molecule has 0 heterocycles. The Morgan fingerprint density at radius 2 is 2.00 bits per heavy atom. The van der Waals surface area contributed by atoms with Crippen molar-refractivity contribution >= 4 is 11.9 Å².